The van der Waals surface area contributed by atoms with Crippen molar-refractivity contribution in [2.24, 2.45) is 0 Å². The summed E-state index contributed by atoms with van der Waals surface area (Å²) in [5, 5.41) is 0. The van der Waals surface area contributed by atoms with E-state index >= 15 is 0 Å². The van der Waals surface area contributed by atoms with Gasteiger partial charge in [-0.2, -0.15) is 0 Å². The van der Waals surface area contributed by atoms with Crippen LogP contribution in [0.1, 0.15) is 22.3 Å². The van der Waals surface area contributed by atoms with Crippen LogP contribution in [0.2, 0.25) is 0 Å². The van der Waals surface area contributed by atoms with E-state index in [1.807, 2.05) is 34.1 Å². The number of fused-ring (bicyclic) bond motifs is 2. The summed E-state index contributed by atoms with van der Waals surface area (Å²) in [7, 11) is 29.5. The molecule has 2 aromatic rings. The molecule has 0 spiro atoms. The third-order valence-electron chi connectivity index (χ3n) is 8.29. The average molecular weight is 874 g/mol. The SMILES string of the molecule is CN1CCN(C)CC1.CN1CCN(C)CC1.PP.PP.[B]C([CH2-])N1Cc2ccccc2C1=C.[B]C([CH2-])N1Cc2ccccc2C1=C.[Y].[Y]. The van der Waals surface area contributed by atoms with Crippen molar-refractivity contribution in [1.29, 1.82) is 0 Å². The van der Waals surface area contributed by atoms with Crippen LogP contribution in [-0.4, -0.2) is 138 Å². The molecule has 2 aromatic carbocycles. The number of rotatable bonds is 2. The molecule has 4 heterocycles. The van der Waals surface area contributed by atoms with Crippen LogP contribution >= 0.6 is 35.7 Å². The molecule has 0 aromatic heterocycles. The van der Waals surface area contributed by atoms with Gasteiger partial charge in [0.2, 0.25) is 0 Å². The molecular weight excluding hydrogens is 816 g/mol. The quantitative estimate of drug-likeness (QED) is 0.248. The summed E-state index contributed by atoms with van der Waals surface area (Å²) >= 11 is 0. The molecule has 6 nitrogen and oxygen atoms in total. The van der Waals surface area contributed by atoms with Crippen molar-refractivity contribution in [3.63, 3.8) is 0 Å². The predicted octanol–water partition coefficient (Wildman–Crippen LogP) is 4.63. The molecule has 2 fully saturated rings. The van der Waals surface area contributed by atoms with Gasteiger partial charge in [0.1, 0.15) is 0 Å². The topological polar surface area (TPSA) is 19.4 Å². The molecule has 0 aliphatic carbocycles. The number of hydrogen-bond acceptors (Lipinski definition) is 6. The maximum Gasteiger partial charge on any atom is 0.0532 e. The van der Waals surface area contributed by atoms with Crippen LogP contribution in [0.25, 0.3) is 11.4 Å². The van der Waals surface area contributed by atoms with E-state index in [2.05, 4.69) is 135 Å². The second-order valence-corrected chi connectivity index (χ2v) is 11.8. The first-order valence-electron chi connectivity index (χ1n) is 15.6. The van der Waals surface area contributed by atoms with Gasteiger partial charge in [0.05, 0.1) is 15.7 Å². The minimum absolute atomic E-state index is 0. The first-order chi connectivity index (χ1) is 22.0. The molecule has 48 heavy (non-hydrogen) atoms. The molecule has 6 rings (SSSR count). The molecule has 14 heteroatoms. The van der Waals surface area contributed by atoms with E-state index in [9.17, 15) is 0 Å². The van der Waals surface area contributed by atoms with E-state index in [-0.39, 0.29) is 77.3 Å². The van der Waals surface area contributed by atoms with Gasteiger partial charge in [-0.1, -0.05) is 61.7 Å². The van der Waals surface area contributed by atoms with Crippen LogP contribution < -0.4 is 0 Å². The molecule has 2 saturated heterocycles. The third-order valence-corrected chi connectivity index (χ3v) is 8.29. The van der Waals surface area contributed by atoms with Crippen LogP contribution in [0.3, 0.4) is 0 Å². The number of hydrogen-bond donors (Lipinski definition) is 0. The van der Waals surface area contributed by atoms with Crippen molar-refractivity contribution in [3.8, 4) is 0 Å². The minimum atomic E-state index is -0.208. The number of benzene rings is 2. The van der Waals surface area contributed by atoms with Gasteiger partial charge in [0, 0.05) is 153 Å². The van der Waals surface area contributed by atoms with E-state index in [0.29, 0.717) is 0 Å². The first-order valence-corrected chi connectivity index (χ1v) is 21.0. The molecule has 6 radical (unpaired) electrons. The third kappa shape index (κ3) is 18.0. The zero-order valence-electron chi connectivity index (χ0n) is 30.0. The Balaban J connectivity index is 0. The maximum absolute atomic E-state index is 5.72. The van der Waals surface area contributed by atoms with Crippen LogP contribution in [-0.2, 0) is 78.5 Å². The van der Waals surface area contributed by atoms with E-state index in [1.54, 1.807) is 0 Å². The van der Waals surface area contributed by atoms with Gasteiger partial charge in [0.25, 0.3) is 0 Å². The van der Waals surface area contributed by atoms with Crippen molar-refractivity contribution in [1.82, 2.24) is 29.4 Å². The smallest absolute Gasteiger partial charge is 0.0532 e. The Morgan fingerprint density at radius 3 is 0.979 bits per heavy atom. The van der Waals surface area contributed by atoms with Crippen molar-refractivity contribution in [3.05, 3.63) is 97.8 Å². The monoisotopic (exact) mass is 874 g/mol. The van der Waals surface area contributed by atoms with Gasteiger partial charge in [-0.15, -0.1) is 47.6 Å². The zero-order valence-corrected chi connectivity index (χ0v) is 40.3. The number of likely N-dealkylation sites (N-methyl/N-ethyl adjacent to an activating group) is 4. The molecule has 6 unspecified atom stereocenters. The molecular formula is C34H58B2N6P4Y2-2. The fourth-order valence-corrected chi connectivity index (χ4v) is 5.19. The maximum atomic E-state index is 5.72. The van der Waals surface area contributed by atoms with Crippen LogP contribution in [0.15, 0.2) is 61.7 Å². The van der Waals surface area contributed by atoms with Crippen LogP contribution in [0.5, 0.6) is 0 Å². The van der Waals surface area contributed by atoms with E-state index in [1.165, 1.54) is 74.6 Å². The molecule has 0 saturated carbocycles. The van der Waals surface area contributed by atoms with Gasteiger partial charge in [-0.05, 0) is 39.3 Å². The van der Waals surface area contributed by atoms with Gasteiger partial charge >= 0.3 is 0 Å². The van der Waals surface area contributed by atoms with Gasteiger partial charge in [-0.25, -0.2) is 0 Å². The summed E-state index contributed by atoms with van der Waals surface area (Å²) in [4.78, 5) is 13.5. The van der Waals surface area contributed by atoms with E-state index in [0.717, 1.165) is 24.5 Å². The summed E-state index contributed by atoms with van der Waals surface area (Å²) in [6, 6.07) is 16.4. The Hall–Kier alpha value is 1.42. The summed E-state index contributed by atoms with van der Waals surface area (Å²) in [6.07, 6.45) is 0. The van der Waals surface area contributed by atoms with Crippen LogP contribution in [0.4, 0.5) is 0 Å². The fraction of sp³-hybridized carbons (Fsp3) is 0.471. The molecule has 4 aliphatic rings. The largest absolute Gasteiger partial charge is 0.402 e. The van der Waals surface area contributed by atoms with E-state index < -0.39 is 0 Å². The standard InChI is InChI=1S/2C11H11BN.2C6H14N2.2H4P2.2Y/c2*1-8-11-6-4-3-5-10(11)7-13(8)9(2)12;2*1-7-3-5-8(2)6-4-7;2*1-2;;/h2*3-6,9H,1-2,7H2;2*3-6H2,1-2H3;2*1-2H2;;/q2*-1;;;;;;. The van der Waals surface area contributed by atoms with Gasteiger partial charge in [0.15, 0.2) is 0 Å². The second-order valence-electron chi connectivity index (χ2n) is 11.8. The Morgan fingerprint density at radius 2 is 0.771 bits per heavy atom. The first kappa shape index (κ1) is 51.5. The molecule has 258 valence electrons. The van der Waals surface area contributed by atoms with Gasteiger partial charge < -0.3 is 43.2 Å². The normalized spacial score (nSPS) is 18.4. The Kier molecular flexibility index (Phi) is 31.0. The number of nitrogens with zero attached hydrogens (tertiary/aromatic N) is 6. The number of piperazine rings is 2. The summed E-state index contributed by atoms with van der Waals surface area (Å²) in [5.41, 5.74) is 6.93. The Morgan fingerprint density at radius 1 is 0.542 bits per heavy atom. The van der Waals surface area contributed by atoms with E-state index in [4.69, 9.17) is 15.7 Å². The van der Waals surface area contributed by atoms with Crippen molar-refractivity contribution in [2.75, 3.05) is 80.5 Å². The molecule has 0 amide bonds. The van der Waals surface area contributed by atoms with Crippen molar-refractivity contribution < 1.29 is 65.4 Å². The summed E-state index contributed by atoms with van der Waals surface area (Å²) in [6.45, 7) is 27.1. The molecule has 0 N–H and O–H groups in total. The van der Waals surface area contributed by atoms with Crippen molar-refractivity contribution >= 4 is 62.8 Å². The summed E-state index contributed by atoms with van der Waals surface area (Å²) < 4.78 is 0. The second kappa shape index (κ2) is 28.9. The summed E-state index contributed by atoms with van der Waals surface area (Å²) in [5.74, 6) is -0.417. The molecule has 0 bridgehead atoms. The predicted molar refractivity (Wildman–Crippen MR) is 221 cm³/mol. The molecule has 4 aliphatic heterocycles. The fourth-order valence-electron chi connectivity index (χ4n) is 5.19. The molecule has 6 atom stereocenters. The Labute approximate surface area is 357 Å². The van der Waals surface area contributed by atoms with Crippen LogP contribution in [0, 0.1) is 13.8 Å². The Bertz CT molecular complexity index is 1060. The minimum Gasteiger partial charge on any atom is -0.402 e. The zero-order chi connectivity index (χ0) is 34.8. The average Bonchev–Trinajstić information content (AvgIpc) is 3.60. The van der Waals surface area contributed by atoms with Crippen molar-refractivity contribution in [2.45, 2.75) is 25.0 Å². The van der Waals surface area contributed by atoms with Gasteiger partial charge in [-0.3, -0.25) is 0 Å².